The lowest BCUT2D eigenvalue weighted by Gasteiger charge is -2.28. The Bertz CT molecular complexity index is 453. The lowest BCUT2D eigenvalue weighted by molar-refractivity contribution is -0.384. The number of carboxylic acid groups (broad SMARTS) is 1. The van der Waals surface area contributed by atoms with Crippen molar-refractivity contribution >= 4 is 11.7 Å². The third-order valence-corrected chi connectivity index (χ3v) is 3.04. The molecule has 1 aromatic carbocycles. The number of benzene rings is 1. The first-order chi connectivity index (χ1) is 9.51. The van der Waals surface area contributed by atoms with Crippen LogP contribution in [-0.4, -0.2) is 34.0 Å². The monoisotopic (exact) mass is 280 g/mol. The van der Waals surface area contributed by atoms with Crippen molar-refractivity contribution in [3.63, 3.8) is 0 Å². The van der Waals surface area contributed by atoms with Crippen molar-refractivity contribution < 1.29 is 14.8 Å². The van der Waals surface area contributed by atoms with E-state index >= 15 is 0 Å². The molecule has 0 bridgehead atoms. The second-order valence-corrected chi connectivity index (χ2v) is 4.63. The zero-order valence-corrected chi connectivity index (χ0v) is 11.8. The standard InChI is InChI=1S/C14H20N2O4/c1-3-9-15(10-4-2)13(14(17)18)11-5-7-12(8-6-11)16(19)20/h5-8,13H,3-4,9-10H2,1-2H3,(H,17,18). The van der Waals surface area contributed by atoms with Crippen LogP contribution in [0.5, 0.6) is 0 Å². The van der Waals surface area contributed by atoms with Crippen molar-refractivity contribution in [1.82, 2.24) is 4.90 Å². The minimum Gasteiger partial charge on any atom is -0.480 e. The molecule has 0 spiro atoms. The first kappa shape index (κ1) is 16.1. The van der Waals surface area contributed by atoms with Crippen LogP contribution in [0.2, 0.25) is 0 Å². The summed E-state index contributed by atoms with van der Waals surface area (Å²) in [6.07, 6.45) is 1.72. The Kier molecular flexibility index (Phi) is 6.11. The van der Waals surface area contributed by atoms with Crippen molar-refractivity contribution in [2.24, 2.45) is 0 Å². The molecule has 0 fully saturated rings. The predicted octanol–water partition coefficient (Wildman–Crippen LogP) is 2.84. The van der Waals surface area contributed by atoms with Gasteiger partial charge in [-0.15, -0.1) is 0 Å². The Hall–Kier alpha value is -1.95. The molecule has 6 heteroatoms. The molecular formula is C14H20N2O4. The molecule has 1 N–H and O–H groups in total. The maximum absolute atomic E-state index is 11.5. The van der Waals surface area contributed by atoms with Crippen LogP contribution in [0.25, 0.3) is 0 Å². The van der Waals surface area contributed by atoms with Crippen molar-refractivity contribution in [3.8, 4) is 0 Å². The predicted molar refractivity (Wildman–Crippen MR) is 75.6 cm³/mol. The number of nitro benzene ring substituents is 1. The highest BCUT2D eigenvalue weighted by Crippen LogP contribution is 2.24. The zero-order chi connectivity index (χ0) is 15.1. The van der Waals surface area contributed by atoms with Gasteiger partial charge >= 0.3 is 5.97 Å². The van der Waals surface area contributed by atoms with E-state index < -0.39 is 16.9 Å². The van der Waals surface area contributed by atoms with E-state index in [9.17, 15) is 20.0 Å². The Morgan fingerprint density at radius 3 is 2.10 bits per heavy atom. The molecule has 1 unspecified atom stereocenters. The zero-order valence-electron chi connectivity index (χ0n) is 11.8. The number of rotatable bonds is 8. The molecule has 0 heterocycles. The van der Waals surface area contributed by atoms with E-state index in [0.29, 0.717) is 18.7 Å². The number of aliphatic carboxylic acids is 1. The molecule has 0 radical (unpaired) electrons. The first-order valence-electron chi connectivity index (χ1n) is 6.72. The van der Waals surface area contributed by atoms with Crippen molar-refractivity contribution in [2.45, 2.75) is 32.7 Å². The molecule has 20 heavy (non-hydrogen) atoms. The van der Waals surface area contributed by atoms with Crippen LogP contribution in [0.1, 0.15) is 38.3 Å². The molecular weight excluding hydrogens is 260 g/mol. The van der Waals surface area contributed by atoms with Crippen LogP contribution in [-0.2, 0) is 4.79 Å². The number of carbonyl (C=O) groups is 1. The van der Waals surface area contributed by atoms with Crippen LogP contribution < -0.4 is 0 Å². The number of nitro groups is 1. The maximum atomic E-state index is 11.5. The number of carboxylic acids is 1. The van der Waals surface area contributed by atoms with Gasteiger partial charge in [-0.2, -0.15) is 0 Å². The summed E-state index contributed by atoms with van der Waals surface area (Å²) in [7, 11) is 0. The normalized spacial score (nSPS) is 12.3. The molecule has 6 nitrogen and oxygen atoms in total. The third kappa shape index (κ3) is 4.03. The summed E-state index contributed by atoms with van der Waals surface area (Å²) >= 11 is 0. The molecule has 110 valence electrons. The van der Waals surface area contributed by atoms with E-state index in [1.54, 1.807) is 0 Å². The summed E-state index contributed by atoms with van der Waals surface area (Å²) in [4.78, 5) is 23.6. The molecule has 0 amide bonds. The maximum Gasteiger partial charge on any atom is 0.325 e. The van der Waals surface area contributed by atoms with Gasteiger partial charge in [-0.05, 0) is 31.5 Å². The SMILES string of the molecule is CCCN(CCC)C(C(=O)O)c1ccc([N+](=O)[O-])cc1. The van der Waals surface area contributed by atoms with E-state index in [4.69, 9.17) is 0 Å². The molecule has 1 aromatic rings. The lowest BCUT2D eigenvalue weighted by atomic mass is 10.0. The Labute approximate surface area is 118 Å². The highest BCUT2D eigenvalue weighted by atomic mass is 16.6. The summed E-state index contributed by atoms with van der Waals surface area (Å²) in [5.74, 6) is -0.930. The van der Waals surface area contributed by atoms with E-state index in [1.165, 1.54) is 24.3 Å². The highest BCUT2D eigenvalue weighted by Gasteiger charge is 2.26. The van der Waals surface area contributed by atoms with Crippen LogP contribution in [0, 0.1) is 10.1 Å². The van der Waals surface area contributed by atoms with Gasteiger partial charge in [0.15, 0.2) is 0 Å². The van der Waals surface area contributed by atoms with Crippen molar-refractivity contribution in [3.05, 3.63) is 39.9 Å². The molecule has 0 aliphatic carbocycles. The Morgan fingerprint density at radius 1 is 1.25 bits per heavy atom. The second kappa shape index (κ2) is 7.59. The largest absolute Gasteiger partial charge is 0.480 e. The van der Waals surface area contributed by atoms with Gasteiger partial charge in [0.1, 0.15) is 6.04 Å². The minimum absolute atomic E-state index is 0.0320. The first-order valence-corrected chi connectivity index (χ1v) is 6.72. The summed E-state index contributed by atoms with van der Waals surface area (Å²) in [5, 5.41) is 20.1. The van der Waals surface area contributed by atoms with E-state index in [0.717, 1.165) is 12.8 Å². The average molecular weight is 280 g/mol. The second-order valence-electron chi connectivity index (χ2n) is 4.63. The van der Waals surface area contributed by atoms with E-state index in [2.05, 4.69) is 0 Å². The Morgan fingerprint density at radius 2 is 1.75 bits per heavy atom. The fourth-order valence-electron chi connectivity index (χ4n) is 2.23. The van der Waals surface area contributed by atoms with Crippen LogP contribution >= 0.6 is 0 Å². The summed E-state index contributed by atoms with van der Waals surface area (Å²) in [5.41, 5.74) is 0.542. The molecule has 0 aromatic heterocycles. The fraction of sp³-hybridized carbons (Fsp3) is 0.500. The van der Waals surface area contributed by atoms with Gasteiger partial charge in [-0.25, -0.2) is 0 Å². The van der Waals surface area contributed by atoms with Gasteiger partial charge in [0.2, 0.25) is 0 Å². The van der Waals surface area contributed by atoms with Crippen molar-refractivity contribution in [2.75, 3.05) is 13.1 Å². The number of nitrogens with zero attached hydrogens (tertiary/aromatic N) is 2. The quantitative estimate of drug-likeness (QED) is 0.584. The topological polar surface area (TPSA) is 83.7 Å². The van der Waals surface area contributed by atoms with Gasteiger partial charge in [0.05, 0.1) is 4.92 Å². The van der Waals surface area contributed by atoms with Crippen molar-refractivity contribution in [1.29, 1.82) is 0 Å². The third-order valence-electron chi connectivity index (χ3n) is 3.04. The smallest absolute Gasteiger partial charge is 0.325 e. The summed E-state index contributed by atoms with van der Waals surface area (Å²) in [6, 6.07) is 4.99. The summed E-state index contributed by atoms with van der Waals surface area (Å²) in [6.45, 7) is 5.36. The number of non-ortho nitro benzene ring substituents is 1. The van der Waals surface area contributed by atoms with Crippen LogP contribution in [0.3, 0.4) is 0 Å². The van der Waals surface area contributed by atoms with Gasteiger partial charge in [0, 0.05) is 12.1 Å². The molecule has 1 rings (SSSR count). The fourth-order valence-corrected chi connectivity index (χ4v) is 2.23. The minimum atomic E-state index is -0.930. The molecule has 0 aliphatic heterocycles. The van der Waals surface area contributed by atoms with Gasteiger partial charge in [-0.1, -0.05) is 26.0 Å². The highest BCUT2D eigenvalue weighted by molar-refractivity contribution is 5.75. The average Bonchev–Trinajstić information content (AvgIpc) is 2.39. The lowest BCUT2D eigenvalue weighted by Crippen LogP contribution is -2.35. The number of hydrogen-bond donors (Lipinski definition) is 1. The van der Waals surface area contributed by atoms with Gasteiger partial charge in [0.25, 0.3) is 5.69 Å². The molecule has 0 saturated heterocycles. The van der Waals surface area contributed by atoms with E-state index in [-0.39, 0.29) is 5.69 Å². The molecule has 0 saturated carbocycles. The Balaban J connectivity index is 3.05. The van der Waals surface area contributed by atoms with Gasteiger partial charge in [-0.3, -0.25) is 19.8 Å². The van der Waals surface area contributed by atoms with Crippen LogP contribution in [0.15, 0.2) is 24.3 Å². The summed E-state index contributed by atoms with van der Waals surface area (Å²) < 4.78 is 0. The molecule has 0 aliphatic rings. The van der Waals surface area contributed by atoms with Gasteiger partial charge < -0.3 is 5.11 Å². The molecule has 1 atom stereocenters. The number of hydrogen-bond acceptors (Lipinski definition) is 4. The van der Waals surface area contributed by atoms with E-state index in [1.807, 2.05) is 18.7 Å². The van der Waals surface area contributed by atoms with Crippen LogP contribution in [0.4, 0.5) is 5.69 Å².